The third kappa shape index (κ3) is 2.69. The molecule has 0 saturated heterocycles. The lowest BCUT2D eigenvalue weighted by atomic mass is 9.99. The second-order valence-electron chi connectivity index (χ2n) is 9.19. The lowest BCUT2D eigenvalue weighted by Gasteiger charge is -2.10. The minimum atomic E-state index is 0.992. The number of para-hydroxylation sites is 1. The maximum absolute atomic E-state index is 4.64. The Morgan fingerprint density at radius 3 is 2.17 bits per heavy atom. The first-order chi connectivity index (χ1) is 17.9. The summed E-state index contributed by atoms with van der Waals surface area (Å²) in [7, 11) is 0. The predicted octanol–water partition coefficient (Wildman–Crippen LogP) is 9.37. The molecule has 0 unspecified atom stereocenters. The Kier molecular flexibility index (Phi) is 4.13. The largest absolute Gasteiger partial charge is 0.309 e. The van der Waals surface area contributed by atoms with Crippen molar-refractivity contribution in [3.05, 3.63) is 121 Å². The van der Waals surface area contributed by atoms with E-state index < -0.39 is 0 Å². The number of hydrogen-bond donors (Lipinski definition) is 0. The smallest absolute Gasteiger partial charge is 0.0702 e. The summed E-state index contributed by atoms with van der Waals surface area (Å²) >= 11 is 1.90. The fourth-order valence-corrected chi connectivity index (χ4v) is 6.95. The number of aromatic nitrogens is 2. The Bertz CT molecular complexity index is 2080. The van der Waals surface area contributed by atoms with Gasteiger partial charge in [-0.1, -0.05) is 72.8 Å². The number of hydrogen-bond acceptors (Lipinski definition) is 2. The van der Waals surface area contributed by atoms with Crippen molar-refractivity contribution >= 4 is 64.1 Å². The van der Waals surface area contributed by atoms with Crippen molar-refractivity contribution in [3.63, 3.8) is 0 Å². The van der Waals surface area contributed by atoms with Crippen molar-refractivity contribution < 1.29 is 0 Å². The summed E-state index contributed by atoms with van der Waals surface area (Å²) in [5, 5.41) is 7.83. The SMILES string of the molecule is c1ccc(-n2c3ccc(-c4ccccn4)cc3c3c4ccccc4c4sc5ccccc5c4c32)cc1. The highest BCUT2D eigenvalue weighted by molar-refractivity contribution is 7.27. The van der Waals surface area contributed by atoms with Crippen molar-refractivity contribution in [1.29, 1.82) is 0 Å². The molecule has 3 heteroatoms. The summed E-state index contributed by atoms with van der Waals surface area (Å²) in [5.74, 6) is 0. The topological polar surface area (TPSA) is 17.8 Å². The summed E-state index contributed by atoms with van der Waals surface area (Å²) in [6, 6.07) is 41.3. The van der Waals surface area contributed by atoms with Gasteiger partial charge >= 0.3 is 0 Å². The van der Waals surface area contributed by atoms with Crippen LogP contribution in [0.5, 0.6) is 0 Å². The molecule has 36 heavy (non-hydrogen) atoms. The van der Waals surface area contributed by atoms with Crippen LogP contribution in [-0.4, -0.2) is 9.55 Å². The molecule has 5 aromatic carbocycles. The summed E-state index contributed by atoms with van der Waals surface area (Å²) in [4.78, 5) is 4.64. The molecule has 0 spiro atoms. The van der Waals surface area contributed by atoms with Crippen LogP contribution in [0.1, 0.15) is 0 Å². The average Bonchev–Trinajstić information content (AvgIpc) is 3.50. The fraction of sp³-hybridized carbons (Fsp3) is 0. The van der Waals surface area contributed by atoms with E-state index in [4.69, 9.17) is 0 Å². The third-order valence-corrected chi connectivity index (χ3v) is 8.42. The molecule has 0 amide bonds. The van der Waals surface area contributed by atoms with Crippen LogP contribution in [0.3, 0.4) is 0 Å². The summed E-state index contributed by atoms with van der Waals surface area (Å²) in [6.45, 7) is 0. The van der Waals surface area contributed by atoms with Crippen LogP contribution in [0.25, 0.3) is 69.7 Å². The standard InChI is InChI=1S/C33H20N2S/c1-2-10-22(11-3-1)35-28-18-17-21(27-15-8-9-19-34-27)20-26(28)30-23-12-4-5-13-24(23)33-31(32(30)35)25-14-6-7-16-29(25)36-33/h1-20H. The van der Waals surface area contributed by atoms with E-state index in [1.54, 1.807) is 0 Å². The molecular weight excluding hydrogens is 456 g/mol. The zero-order chi connectivity index (χ0) is 23.6. The molecule has 8 aromatic rings. The summed E-state index contributed by atoms with van der Waals surface area (Å²) in [5.41, 5.74) is 5.79. The summed E-state index contributed by atoms with van der Waals surface area (Å²) < 4.78 is 5.13. The Hall–Kier alpha value is -4.47. The Labute approximate surface area is 211 Å². The number of benzene rings is 5. The van der Waals surface area contributed by atoms with Crippen molar-refractivity contribution in [1.82, 2.24) is 9.55 Å². The Morgan fingerprint density at radius 2 is 1.33 bits per heavy atom. The van der Waals surface area contributed by atoms with E-state index >= 15 is 0 Å². The zero-order valence-electron chi connectivity index (χ0n) is 19.3. The maximum Gasteiger partial charge on any atom is 0.0702 e. The van der Waals surface area contributed by atoms with Gasteiger partial charge in [0, 0.05) is 53.8 Å². The van der Waals surface area contributed by atoms with Crippen LogP contribution in [0.15, 0.2) is 121 Å². The van der Waals surface area contributed by atoms with Gasteiger partial charge in [-0.3, -0.25) is 4.98 Å². The second kappa shape index (κ2) is 7.51. The van der Waals surface area contributed by atoms with Crippen LogP contribution in [0.2, 0.25) is 0 Å². The van der Waals surface area contributed by atoms with Gasteiger partial charge in [-0.2, -0.15) is 0 Å². The van der Waals surface area contributed by atoms with E-state index in [9.17, 15) is 0 Å². The quantitative estimate of drug-likeness (QED) is 0.243. The minimum absolute atomic E-state index is 0.992. The molecule has 0 aliphatic heterocycles. The van der Waals surface area contributed by atoms with Gasteiger partial charge in [-0.15, -0.1) is 11.3 Å². The van der Waals surface area contributed by atoms with E-state index in [1.165, 1.54) is 58.4 Å². The van der Waals surface area contributed by atoms with Gasteiger partial charge in [0.25, 0.3) is 0 Å². The zero-order valence-corrected chi connectivity index (χ0v) is 20.2. The lowest BCUT2D eigenvalue weighted by molar-refractivity contribution is 1.19. The Balaban J connectivity index is 1.68. The van der Waals surface area contributed by atoms with E-state index in [0.717, 1.165) is 11.3 Å². The third-order valence-electron chi connectivity index (χ3n) is 7.22. The molecule has 168 valence electrons. The molecule has 0 atom stereocenters. The molecule has 0 aliphatic carbocycles. The lowest BCUT2D eigenvalue weighted by Crippen LogP contribution is -1.94. The molecule has 0 N–H and O–H groups in total. The van der Waals surface area contributed by atoms with Crippen LogP contribution in [0.4, 0.5) is 0 Å². The molecule has 0 bridgehead atoms. The molecule has 2 nitrogen and oxygen atoms in total. The molecule has 0 aliphatic rings. The van der Waals surface area contributed by atoms with Crippen molar-refractivity contribution in [2.75, 3.05) is 0 Å². The number of pyridine rings is 1. The van der Waals surface area contributed by atoms with Gasteiger partial charge < -0.3 is 4.57 Å². The highest BCUT2D eigenvalue weighted by Gasteiger charge is 2.22. The van der Waals surface area contributed by atoms with Gasteiger partial charge in [-0.25, -0.2) is 0 Å². The van der Waals surface area contributed by atoms with Crippen molar-refractivity contribution in [2.24, 2.45) is 0 Å². The van der Waals surface area contributed by atoms with Crippen LogP contribution in [-0.2, 0) is 0 Å². The van der Waals surface area contributed by atoms with E-state index in [1.807, 2.05) is 23.6 Å². The van der Waals surface area contributed by atoms with Crippen molar-refractivity contribution in [3.8, 4) is 16.9 Å². The first kappa shape index (κ1) is 19.8. The van der Waals surface area contributed by atoms with Crippen LogP contribution >= 0.6 is 11.3 Å². The second-order valence-corrected chi connectivity index (χ2v) is 10.2. The van der Waals surface area contributed by atoms with Crippen LogP contribution in [0, 0.1) is 0 Å². The minimum Gasteiger partial charge on any atom is -0.309 e. The molecule has 3 aromatic heterocycles. The number of thiophene rings is 1. The monoisotopic (exact) mass is 476 g/mol. The molecule has 3 heterocycles. The highest BCUT2D eigenvalue weighted by Crippen LogP contribution is 2.48. The normalized spacial score (nSPS) is 11.9. The summed E-state index contributed by atoms with van der Waals surface area (Å²) in [6.07, 6.45) is 1.86. The van der Waals surface area contributed by atoms with Gasteiger partial charge in [0.15, 0.2) is 0 Å². The molecular formula is C33H20N2S. The van der Waals surface area contributed by atoms with E-state index in [2.05, 4.69) is 119 Å². The number of fused-ring (bicyclic) bond motifs is 10. The van der Waals surface area contributed by atoms with Gasteiger partial charge in [-0.05, 0) is 47.9 Å². The maximum atomic E-state index is 4.64. The number of nitrogens with zero attached hydrogens (tertiary/aromatic N) is 2. The van der Waals surface area contributed by atoms with E-state index in [-0.39, 0.29) is 0 Å². The van der Waals surface area contributed by atoms with Crippen molar-refractivity contribution in [2.45, 2.75) is 0 Å². The Morgan fingerprint density at radius 1 is 0.583 bits per heavy atom. The molecule has 0 saturated carbocycles. The van der Waals surface area contributed by atoms with Gasteiger partial charge in [0.05, 0.1) is 16.7 Å². The molecule has 0 fully saturated rings. The first-order valence-electron chi connectivity index (χ1n) is 12.2. The van der Waals surface area contributed by atoms with Gasteiger partial charge in [0.1, 0.15) is 0 Å². The average molecular weight is 477 g/mol. The number of rotatable bonds is 2. The van der Waals surface area contributed by atoms with Gasteiger partial charge in [0.2, 0.25) is 0 Å². The first-order valence-corrected chi connectivity index (χ1v) is 13.0. The highest BCUT2D eigenvalue weighted by atomic mass is 32.1. The fourth-order valence-electron chi connectivity index (χ4n) is 5.71. The van der Waals surface area contributed by atoms with Crippen LogP contribution < -0.4 is 0 Å². The predicted molar refractivity (Wildman–Crippen MR) is 154 cm³/mol. The molecule has 0 radical (unpaired) electrons. The molecule has 8 rings (SSSR count). The van der Waals surface area contributed by atoms with E-state index in [0.29, 0.717) is 0 Å².